The van der Waals surface area contributed by atoms with E-state index in [0.29, 0.717) is 12.2 Å². The van der Waals surface area contributed by atoms with E-state index in [1.165, 1.54) is 6.92 Å². The lowest BCUT2D eigenvalue weighted by atomic mass is 9.84. The van der Waals surface area contributed by atoms with Gasteiger partial charge in [-0.2, -0.15) is 13.2 Å². The van der Waals surface area contributed by atoms with Gasteiger partial charge in [0.15, 0.2) is 5.78 Å². The summed E-state index contributed by atoms with van der Waals surface area (Å²) in [5.41, 5.74) is 1.57. The molecule has 0 bridgehead atoms. The molecule has 7 heteroatoms. The largest absolute Gasteiger partial charge is 0.397 e. The van der Waals surface area contributed by atoms with Gasteiger partial charge >= 0.3 is 6.18 Å². The number of Topliss-reactive ketones (excluding diaryl/α,β-unsaturated/α-hetero) is 1. The number of fused-ring (bicyclic) bond motifs is 2. The number of carbonyl (C=O) groups is 2. The Hall–Kier alpha value is -1.89. The van der Waals surface area contributed by atoms with Crippen LogP contribution in [-0.2, 0) is 21.7 Å². The number of likely N-dealkylation sites (tertiary alicyclic amines) is 1. The molecule has 1 aromatic rings. The van der Waals surface area contributed by atoms with Crippen molar-refractivity contribution in [1.29, 1.82) is 0 Å². The zero-order chi connectivity index (χ0) is 18.1. The normalized spacial score (nSPS) is 17.7. The molecule has 2 aliphatic rings. The van der Waals surface area contributed by atoms with Crippen molar-refractivity contribution >= 4 is 11.7 Å². The smallest absolute Gasteiger partial charge is 0.362 e. The number of carbonyl (C=O) groups excluding carboxylic acids is 2. The predicted octanol–water partition coefficient (Wildman–Crippen LogP) is 3.44. The summed E-state index contributed by atoms with van der Waals surface area (Å²) in [5.74, 6) is -0.991. The van der Waals surface area contributed by atoms with E-state index in [2.05, 4.69) is 0 Å². The molecule has 4 nitrogen and oxygen atoms in total. The molecule has 3 rings (SSSR count). The average Bonchev–Trinajstić information content (AvgIpc) is 2.84. The van der Waals surface area contributed by atoms with Gasteiger partial charge in [-0.25, -0.2) is 0 Å². The monoisotopic (exact) mass is 343 g/mol. The van der Waals surface area contributed by atoms with Crippen LogP contribution in [0.1, 0.15) is 48.7 Å². The van der Waals surface area contributed by atoms with E-state index in [-0.39, 0.29) is 18.9 Å². The van der Waals surface area contributed by atoms with Gasteiger partial charge in [0, 0.05) is 5.56 Å². The zero-order valence-electron chi connectivity index (χ0n) is 13.9. The van der Waals surface area contributed by atoms with Crippen molar-refractivity contribution in [3.8, 4) is 0 Å². The highest BCUT2D eigenvalue weighted by atomic mass is 19.4. The summed E-state index contributed by atoms with van der Waals surface area (Å²) < 4.78 is 42.4. The first kappa shape index (κ1) is 18.4. The fourth-order valence-corrected chi connectivity index (χ4v) is 2.96. The van der Waals surface area contributed by atoms with Crippen LogP contribution in [0.25, 0.3) is 0 Å². The van der Waals surface area contributed by atoms with Crippen molar-refractivity contribution in [3.63, 3.8) is 0 Å². The van der Waals surface area contributed by atoms with Crippen LogP contribution < -0.4 is 0 Å². The van der Waals surface area contributed by atoms with Crippen LogP contribution in [0.5, 0.6) is 0 Å². The van der Waals surface area contributed by atoms with Crippen molar-refractivity contribution in [2.45, 2.75) is 45.6 Å². The molecule has 0 N–H and O–H groups in total. The van der Waals surface area contributed by atoms with Gasteiger partial charge in [-0.3, -0.25) is 9.59 Å². The maximum Gasteiger partial charge on any atom is 0.397 e. The Morgan fingerprint density at radius 1 is 1.25 bits per heavy atom. The van der Waals surface area contributed by atoms with E-state index in [1.807, 2.05) is 13.8 Å². The minimum absolute atomic E-state index is 0.0562. The number of ketones is 1. The van der Waals surface area contributed by atoms with Gasteiger partial charge in [-0.15, -0.1) is 0 Å². The maximum absolute atomic E-state index is 12.2. The Balaban J connectivity index is 0.00000100. The third-order valence-electron chi connectivity index (χ3n) is 4.10. The molecule has 0 atom stereocenters. The first-order chi connectivity index (χ1) is 11.2. The first-order valence-electron chi connectivity index (χ1n) is 7.83. The molecule has 2 aliphatic heterocycles. The number of halogens is 3. The molecular formula is C17H20F3NO3. The van der Waals surface area contributed by atoms with Gasteiger partial charge in [0.05, 0.1) is 19.7 Å². The fraction of sp³-hybridized carbons (Fsp3) is 0.529. The van der Waals surface area contributed by atoms with E-state index < -0.39 is 24.1 Å². The molecule has 0 radical (unpaired) electrons. The van der Waals surface area contributed by atoms with Gasteiger partial charge < -0.3 is 9.64 Å². The Bertz CT molecular complexity index is 649. The number of amides is 1. The molecule has 1 aromatic carbocycles. The average molecular weight is 343 g/mol. The van der Waals surface area contributed by atoms with Gasteiger partial charge in [-0.05, 0) is 24.1 Å². The Labute approximate surface area is 138 Å². The summed E-state index contributed by atoms with van der Waals surface area (Å²) in [6, 6.07) is 5.19. The van der Waals surface area contributed by atoms with Crippen molar-refractivity contribution in [2.75, 3.05) is 13.1 Å². The molecule has 1 spiro atoms. The number of benzene rings is 1. The van der Waals surface area contributed by atoms with Crippen molar-refractivity contribution in [3.05, 3.63) is 34.9 Å². The molecule has 1 fully saturated rings. The van der Waals surface area contributed by atoms with Crippen LogP contribution in [-0.4, -0.2) is 35.9 Å². The van der Waals surface area contributed by atoms with Crippen LogP contribution in [0.3, 0.4) is 0 Å². The van der Waals surface area contributed by atoms with E-state index >= 15 is 0 Å². The number of hydrogen-bond donors (Lipinski definition) is 0. The van der Waals surface area contributed by atoms with E-state index in [1.54, 1.807) is 18.2 Å². The van der Waals surface area contributed by atoms with Crippen molar-refractivity contribution in [2.24, 2.45) is 0 Å². The molecule has 0 unspecified atom stereocenters. The second-order valence-electron chi connectivity index (χ2n) is 5.75. The highest BCUT2D eigenvalue weighted by molar-refractivity contribution is 5.94. The van der Waals surface area contributed by atoms with Crippen LogP contribution in [0.2, 0.25) is 0 Å². The first-order valence-corrected chi connectivity index (χ1v) is 7.83. The summed E-state index contributed by atoms with van der Waals surface area (Å²) in [5, 5.41) is 0. The highest BCUT2D eigenvalue weighted by Crippen LogP contribution is 2.44. The molecule has 2 heterocycles. The van der Waals surface area contributed by atoms with Gasteiger partial charge in [0.2, 0.25) is 5.91 Å². The minimum atomic E-state index is -4.50. The van der Waals surface area contributed by atoms with Crippen LogP contribution >= 0.6 is 0 Å². The summed E-state index contributed by atoms with van der Waals surface area (Å²) in [6.07, 6.45) is -5.94. The Kier molecular flexibility index (Phi) is 5.03. The van der Waals surface area contributed by atoms with E-state index in [0.717, 1.165) is 16.0 Å². The standard InChI is InChI=1S/C15H14F3NO3.C2H6/c1-9(20)10-2-3-12-11(4-10)6-22-14(12)7-19(8-14)13(21)5-15(16,17)18;1-2/h2-4H,5-8H2,1H3;1-2H3. The number of hydrogen-bond acceptors (Lipinski definition) is 3. The number of nitrogens with zero attached hydrogens (tertiary/aromatic N) is 1. The lowest BCUT2D eigenvalue weighted by Crippen LogP contribution is -2.61. The van der Waals surface area contributed by atoms with Crippen molar-refractivity contribution < 1.29 is 27.5 Å². The maximum atomic E-state index is 12.2. The zero-order valence-corrected chi connectivity index (χ0v) is 13.9. The molecule has 0 aromatic heterocycles. The second kappa shape index (κ2) is 6.55. The fourth-order valence-electron chi connectivity index (χ4n) is 2.96. The number of rotatable bonds is 2. The predicted molar refractivity (Wildman–Crippen MR) is 81.5 cm³/mol. The lowest BCUT2D eigenvalue weighted by Gasteiger charge is -2.47. The van der Waals surface area contributed by atoms with E-state index in [4.69, 9.17) is 4.74 Å². The van der Waals surface area contributed by atoms with Gasteiger partial charge in [-0.1, -0.05) is 26.0 Å². The molecule has 0 aliphatic carbocycles. The van der Waals surface area contributed by atoms with E-state index in [9.17, 15) is 22.8 Å². The second-order valence-corrected chi connectivity index (χ2v) is 5.75. The Morgan fingerprint density at radius 3 is 2.42 bits per heavy atom. The lowest BCUT2D eigenvalue weighted by molar-refractivity contribution is -0.185. The molecule has 1 saturated heterocycles. The quantitative estimate of drug-likeness (QED) is 0.773. The Morgan fingerprint density at radius 2 is 1.88 bits per heavy atom. The minimum Gasteiger partial charge on any atom is -0.362 e. The van der Waals surface area contributed by atoms with Gasteiger partial charge in [0.25, 0.3) is 0 Å². The van der Waals surface area contributed by atoms with Gasteiger partial charge in [0.1, 0.15) is 12.0 Å². The van der Waals surface area contributed by atoms with Crippen LogP contribution in [0.15, 0.2) is 18.2 Å². The summed E-state index contributed by atoms with van der Waals surface area (Å²) in [6.45, 7) is 6.01. The molecule has 0 saturated carbocycles. The molecule has 24 heavy (non-hydrogen) atoms. The van der Waals surface area contributed by atoms with Crippen LogP contribution in [0, 0.1) is 0 Å². The topological polar surface area (TPSA) is 46.6 Å². The molecular weight excluding hydrogens is 323 g/mol. The third kappa shape index (κ3) is 3.45. The molecule has 1 amide bonds. The molecule has 132 valence electrons. The highest BCUT2D eigenvalue weighted by Gasteiger charge is 2.52. The summed E-state index contributed by atoms with van der Waals surface area (Å²) in [7, 11) is 0. The van der Waals surface area contributed by atoms with Crippen molar-refractivity contribution in [1.82, 2.24) is 4.90 Å². The number of ether oxygens (including phenoxy) is 1. The summed E-state index contributed by atoms with van der Waals surface area (Å²) >= 11 is 0. The third-order valence-corrected chi connectivity index (χ3v) is 4.10. The SMILES string of the molecule is CC.CC(=O)c1ccc2c(c1)COC21CN(C(=O)CC(F)(F)F)C1. The van der Waals surface area contributed by atoms with Crippen LogP contribution in [0.4, 0.5) is 13.2 Å². The number of alkyl halides is 3. The summed E-state index contributed by atoms with van der Waals surface area (Å²) in [4.78, 5) is 24.1.